The molecular weight excluding hydrogens is 260 g/mol. The predicted molar refractivity (Wildman–Crippen MR) is 77.9 cm³/mol. The zero-order chi connectivity index (χ0) is 14.0. The van der Waals surface area contributed by atoms with Crippen LogP contribution in [0.25, 0.3) is 0 Å². The van der Waals surface area contributed by atoms with E-state index in [9.17, 15) is 4.79 Å². The van der Waals surface area contributed by atoms with Crippen molar-refractivity contribution < 1.29 is 4.79 Å². The maximum absolute atomic E-state index is 12.2. The number of benzene rings is 1. The van der Waals surface area contributed by atoms with Gasteiger partial charge in [-0.15, -0.1) is 0 Å². The number of hydrogen-bond donors (Lipinski definition) is 1. The molecule has 0 fully saturated rings. The minimum atomic E-state index is -0.181. The Morgan fingerprint density at radius 2 is 1.89 bits per heavy atom. The topological polar surface area (TPSA) is 42.0 Å². The fraction of sp³-hybridized carbons (Fsp3) is 0.200. The number of carbonyl (C=O) groups excluding carboxylic acids is 1. The Hall–Kier alpha value is -1.87. The third kappa shape index (κ3) is 3.32. The molecule has 0 unspecified atom stereocenters. The van der Waals surface area contributed by atoms with Crippen LogP contribution in [0, 0.1) is 20.8 Å². The van der Waals surface area contributed by atoms with Gasteiger partial charge in [0.05, 0.1) is 0 Å². The van der Waals surface area contributed by atoms with Gasteiger partial charge >= 0.3 is 0 Å². The summed E-state index contributed by atoms with van der Waals surface area (Å²) in [6, 6.07) is 9.17. The number of amides is 1. The lowest BCUT2D eigenvalue weighted by molar-refractivity contribution is 0.102. The van der Waals surface area contributed by atoms with Crippen molar-refractivity contribution in [2.45, 2.75) is 20.8 Å². The Labute approximate surface area is 117 Å². The molecule has 0 atom stereocenters. The van der Waals surface area contributed by atoms with Crippen molar-refractivity contribution in [3.63, 3.8) is 0 Å². The molecule has 0 aliphatic carbocycles. The smallest absolute Gasteiger partial charge is 0.255 e. The molecule has 3 nitrogen and oxygen atoms in total. The predicted octanol–water partition coefficient (Wildman–Crippen LogP) is 3.91. The van der Waals surface area contributed by atoms with Crippen LogP contribution in [0.2, 0.25) is 5.15 Å². The van der Waals surface area contributed by atoms with Crippen LogP contribution in [0.3, 0.4) is 0 Å². The van der Waals surface area contributed by atoms with E-state index in [1.807, 2.05) is 32.0 Å². The highest BCUT2D eigenvalue weighted by Crippen LogP contribution is 2.18. The van der Waals surface area contributed by atoms with Crippen molar-refractivity contribution >= 4 is 23.2 Å². The van der Waals surface area contributed by atoms with E-state index in [-0.39, 0.29) is 5.91 Å². The minimum absolute atomic E-state index is 0.181. The summed E-state index contributed by atoms with van der Waals surface area (Å²) in [6.07, 6.45) is 0. The quantitative estimate of drug-likeness (QED) is 0.844. The molecule has 2 rings (SSSR count). The number of carbonyl (C=O) groups is 1. The van der Waals surface area contributed by atoms with Crippen molar-refractivity contribution in [1.82, 2.24) is 4.98 Å². The third-order valence-corrected chi connectivity index (χ3v) is 3.01. The van der Waals surface area contributed by atoms with Crippen LogP contribution in [0.1, 0.15) is 27.2 Å². The summed E-state index contributed by atoms with van der Waals surface area (Å²) < 4.78 is 0. The molecule has 1 N–H and O–H groups in total. The first-order valence-corrected chi connectivity index (χ1v) is 6.36. The number of aryl methyl sites for hydroxylation is 3. The van der Waals surface area contributed by atoms with Gasteiger partial charge in [-0.2, -0.15) is 0 Å². The van der Waals surface area contributed by atoms with E-state index < -0.39 is 0 Å². The highest BCUT2D eigenvalue weighted by Gasteiger charge is 2.09. The first-order chi connectivity index (χ1) is 8.95. The van der Waals surface area contributed by atoms with Gasteiger partial charge in [0, 0.05) is 16.9 Å². The number of rotatable bonds is 2. The molecule has 1 aromatic carbocycles. The van der Waals surface area contributed by atoms with Gasteiger partial charge in [0.15, 0.2) is 0 Å². The van der Waals surface area contributed by atoms with Crippen LogP contribution in [-0.4, -0.2) is 10.9 Å². The summed E-state index contributed by atoms with van der Waals surface area (Å²) in [6.45, 7) is 5.79. The van der Waals surface area contributed by atoms with Gasteiger partial charge in [0.1, 0.15) is 5.15 Å². The molecule has 0 saturated carbocycles. The van der Waals surface area contributed by atoms with Crippen molar-refractivity contribution in [2.24, 2.45) is 0 Å². The van der Waals surface area contributed by atoms with Gasteiger partial charge in [-0.05, 0) is 44.5 Å². The average Bonchev–Trinajstić information content (AvgIpc) is 2.31. The van der Waals surface area contributed by atoms with E-state index in [0.717, 1.165) is 16.9 Å². The van der Waals surface area contributed by atoms with E-state index in [1.165, 1.54) is 5.56 Å². The van der Waals surface area contributed by atoms with Crippen molar-refractivity contribution in [2.75, 3.05) is 5.32 Å². The Bertz CT molecular complexity index is 618. The summed E-state index contributed by atoms with van der Waals surface area (Å²) in [7, 11) is 0. The molecule has 0 spiro atoms. The van der Waals surface area contributed by atoms with E-state index in [1.54, 1.807) is 19.1 Å². The summed E-state index contributed by atoms with van der Waals surface area (Å²) in [4.78, 5) is 16.2. The van der Waals surface area contributed by atoms with Crippen molar-refractivity contribution in [3.05, 3.63) is 57.9 Å². The molecule has 98 valence electrons. The standard InChI is InChI=1S/C15H15ClN2O/c1-9-4-5-13(10(2)6-9)18-15(19)12-7-11(3)17-14(16)8-12/h4-8H,1-3H3,(H,18,19). The van der Waals surface area contributed by atoms with Gasteiger partial charge in [0.25, 0.3) is 5.91 Å². The second kappa shape index (κ2) is 5.41. The van der Waals surface area contributed by atoms with Crippen LogP contribution >= 0.6 is 11.6 Å². The van der Waals surface area contributed by atoms with Crippen LogP contribution in [0.15, 0.2) is 30.3 Å². The molecular formula is C15H15ClN2O. The number of halogens is 1. The first kappa shape index (κ1) is 13.6. The Kier molecular flexibility index (Phi) is 3.86. The maximum atomic E-state index is 12.2. The van der Waals surface area contributed by atoms with Crippen LogP contribution < -0.4 is 5.32 Å². The monoisotopic (exact) mass is 274 g/mol. The minimum Gasteiger partial charge on any atom is -0.322 e. The number of pyridine rings is 1. The summed E-state index contributed by atoms with van der Waals surface area (Å²) in [5.41, 5.74) is 4.24. The number of hydrogen-bond acceptors (Lipinski definition) is 2. The van der Waals surface area contributed by atoms with E-state index in [0.29, 0.717) is 10.7 Å². The lowest BCUT2D eigenvalue weighted by atomic mass is 10.1. The molecule has 4 heteroatoms. The summed E-state index contributed by atoms with van der Waals surface area (Å²) >= 11 is 5.86. The number of nitrogens with one attached hydrogen (secondary N) is 1. The largest absolute Gasteiger partial charge is 0.322 e. The van der Waals surface area contributed by atoms with Gasteiger partial charge in [-0.3, -0.25) is 4.79 Å². The fourth-order valence-corrected chi connectivity index (χ4v) is 2.16. The molecule has 0 aliphatic heterocycles. The van der Waals surface area contributed by atoms with Gasteiger partial charge < -0.3 is 5.32 Å². The molecule has 1 heterocycles. The second-order valence-corrected chi connectivity index (χ2v) is 4.98. The van der Waals surface area contributed by atoms with Crippen LogP contribution in [0.5, 0.6) is 0 Å². The van der Waals surface area contributed by atoms with Gasteiger partial charge in [-0.1, -0.05) is 29.3 Å². The van der Waals surface area contributed by atoms with Crippen LogP contribution in [-0.2, 0) is 0 Å². The lowest BCUT2D eigenvalue weighted by Gasteiger charge is -2.09. The Morgan fingerprint density at radius 3 is 2.53 bits per heavy atom. The highest BCUT2D eigenvalue weighted by molar-refractivity contribution is 6.29. The summed E-state index contributed by atoms with van der Waals surface area (Å²) in [5.74, 6) is -0.181. The number of aromatic nitrogens is 1. The van der Waals surface area contributed by atoms with Crippen LogP contribution in [0.4, 0.5) is 5.69 Å². The highest BCUT2D eigenvalue weighted by atomic mass is 35.5. The zero-order valence-corrected chi connectivity index (χ0v) is 11.9. The molecule has 1 aromatic heterocycles. The molecule has 19 heavy (non-hydrogen) atoms. The SMILES string of the molecule is Cc1ccc(NC(=O)c2cc(C)nc(Cl)c2)c(C)c1. The normalized spacial score (nSPS) is 10.3. The molecule has 0 aliphatic rings. The molecule has 2 aromatic rings. The molecule has 0 bridgehead atoms. The number of nitrogens with zero attached hydrogens (tertiary/aromatic N) is 1. The van der Waals surface area contributed by atoms with E-state index >= 15 is 0 Å². The summed E-state index contributed by atoms with van der Waals surface area (Å²) in [5, 5.41) is 3.21. The Balaban J connectivity index is 2.25. The zero-order valence-electron chi connectivity index (χ0n) is 11.1. The molecule has 0 saturated heterocycles. The van der Waals surface area contributed by atoms with Gasteiger partial charge in [0.2, 0.25) is 0 Å². The third-order valence-electron chi connectivity index (χ3n) is 2.81. The average molecular weight is 275 g/mol. The fourth-order valence-electron chi connectivity index (χ4n) is 1.91. The molecule has 0 radical (unpaired) electrons. The van der Waals surface area contributed by atoms with Crippen molar-refractivity contribution in [3.8, 4) is 0 Å². The second-order valence-electron chi connectivity index (χ2n) is 4.59. The van der Waals surface area contributed by atoms with E-state index in [2.05, 4.69) is 10.3 Å². The maximum Gasteiger partial charge on any atom is 0.255 e. The first-order valence-electron chi connectivity index (χ1n) is 5.98. The van der Waals surface area contributed by atoms with Gasteiger partial charge in [-0.25, -0.2) is 4.98 Å². The Morgan fingerprint density at radius 1 is 1.16 bits per heavy atom. The molecule has 1 amide bonds. The van der Waals surface area contributed by atoms with Crippen molar-refractivity contribution in [1.29, 1.82) is 0 Å². The van der Waals surface area contributed by atoms with E-state index in [4.69, 9.17) is 11.6 Å². The lowest BCUT2D eigenvalue weighted by Crippen LogP contribution is -2.13. The number of anilines is 1.